The average Bonchev–Trinajstić information content (AvgIpc) is 2.78. The van der Waals surface area contributed by atoms with Crippen LogP contribution in [0.2, 0.25) is 0 Å². The Morgan fingerprint density at radius 3 is 2.30 bits per heavy atom. The third kappa shape index (κ3) is 3.68. The largest absolute Gasteiger partial charge is 0.452 e. The number of anilines is 1. The van der Waals surface area contributed by atoms with Crippen molar-refractivity contribution >= 4 is 29.1 Å². The van der Waals surface area contributed by atoms with Gasteiger partial charge < -0.3 is 10.1 Å². The third-order valence-corrected chi connectivity index (χ3v) is 5.46. The summed E-state index contributed by atoms with van der Waals surface area (Å²) in [6.45, 7) is 1.51. The molecule has 2 aliphatic rings. The van der Waals surface area contributed by atoms with Gasteiger partial charge in [-0.2, -0.15) is 0 Å². The Morgan fingerprint density at radius 2 is 1.63 bits per heavy atom. The summed E-state index contributed by atoms with van der Waals surface area (Å²) in [6.07, 6.45) is 5.16. The molecule has 1 amide bonds. The molecule has 0 unspecified atom stereocenters. The van der Waals surface area contributed by atoms with Crippen LogP contribution in [-0.4, -0.2) is 29.5 Å². The second-order valence-corrected chi connectivity index (χ2v) is 7.51. The second kappa shape index (κ2) is 8.06. The summed E-state index contributed by atoms with van der Waals surface area (Å²) in [4.78, 5) is 50.2. The van der Waals surface area contributed by atoms with Crippen molar-refractivity contribution in [3.05, 3.63) is 76.9 Å². The summed E-state index contributed by atoms with van der Waals surface area (Å²) in [5.74, 6) is -1.59. The maximum absolute atomic E-state index is 12.8. The van der Waals surface area contributed by atoms with Crippen LogP contribution >= 0.6 is 0 Å². The average molecular weight is 403 g/mol. The van der Waals surface area contributed by atoms with E-state index in [0.717, 1.165) is 6.42 Å². The van der Waals surface area contributed by atoms with Gasteiger partial charge in [-0.05, 0) is 44.4 Å². The van der Waals surface area contributed by atoms with E-state index in [0.29, 0.717) is 35.2 Å². The first-order valence-corrected chi connectivity index (χ1v) is 9.94. The van der Waals surface area contributed by atoms with Crippen molar-refractivity contribution < 1.29 is 23.9 Å². The molecule has 0 heterocycles. The van der Waals surface area contributed by atoms with Crippen LogP contribution in [0, 0.1) is 5.92 Å². The van der Waals surface area contributed by atoms with E-state index in [9.17, 15) is 19.2 Å². The van der Waals surface area contributed by atoms with Crippen LogP contribution in [0.5, 0.6) is 0 Å². The minimum Gasteiger partial charge on any atom is -0.452 e. The summed E-state index contributed by atoms with van der Waals surface area (Å²) in [5, 5.41) is 2.67. The molecule has 0 fully saturated rings. The fourth-order valence-corrected chi connectivity index (χ4v) is 3.75. The molecule has 0 radical (unpaired) electrons. The molecule has 0 bridgehead atoms. The zero-order valence-corrected chi connectivity index (χ0v) is 16.5. The maximum Gasteiger partial charge on any atom is 0.310 e. The lowest BCUT2D eigenvalue weighted by Crippen LogP contribution is -2.32. The molecule has 152 valence electrons. The van der Waals surface area contributed by atoms with E-state index in [1.807, 2.05) is 12.2 Å². The highest BCUT2D eigenvalue weighted by Gasteiger charge is 2.30. The van der Waals surface area contributed by atoms with Gasteiger partial charge in [0.15, 0.2) is 17.7 Å². The van der Waals surface area contributed by atoms with Crippen molar-refractivity contribution in [2.24, 2.45) is 5.92 Å². The molecule has 2 atom stereocenters. The van der Waals surface area contributed by atoms with Gasteiger partial charge in [-0.3, -0.25) is 19.2 Å². The zero-order chi connectivity index (χ0) is 21.3. The highest BCUT2D eigenvalue weighted by Crippen LogP contribution is 2.29. The smallest absolute Gasteiger partial charge is 0.310 e. The molecule has 0 saturated carbocycles. The van der Waals surface area contributed by atoms with Gasteiger partial charge in [0.25, 0.3) is 5.91 Å². The van der Waals surface area contributed by atoms with Crippen molar-refractivity contribution in [2.45, 2.75) is 32.3 Å². The Hall–Kier alpha value is -3.54. The molecular weight excluding hydrogens is 382 g/mol. The fraction of sp³-hybridized carbons (Fsp3) is 0.250. The Kier molecular flexibility index (Phi) is 5.31. The number of amides is 1. The standard InChI is InChI=1S/C24H21NO5/c1-14(30-24(29)15-7-3-2-4-8-15)23(28)25-16-11-12-19-20(13-16)22(27)18-10-6-5-9-17(18)21(19)26/h2-3,5-6,9-15H,4,7-8H2,1H3,(H,25,28)/t14-,15-/m1/s1. The van der Waals surface area contributed by atoms with Gasteiger partial charge >= 0.3 is 5.97 Å². The molecule has 2 aromatic carbocycles. The number of hydrogen-bond donors (Lipinski definition) is 1. The molecule has 0 saturated heterocycles. The van der Waals surface area contributed by atoms with E-state index in [2.05, 4.69) is 5.32 Å². The van der Waals surface area contributed by atoms with Gasteiger partial charge in [0.05, 0.1) is 5.92 Å². The number of nitrogens with one attached hydrogen (secondary N) is 1. The van der Waals surface area contributed by atoms with Crippen LogP contribution in [0.25, 0.3) is 0 Å². The van der Waals surface area contributed by atoms with Gasteiger partial charge in [-0.15, -0.1) is 0 Å². The molecule has 0 aromatic heterocycles. The number of ketones is 2. The molecular formula is C24H21NO5. The van der Waals surface area contributed by atoms with Gasteiger partial charge in [0, 0.05) is 27.9 Å². The molecule has 1 N–H and O–H groups in total. The number of carbonyl (C=O) groups is 4. The van der Waals surface area contributed by atoms with Crippen LogP contribution in [-0.2, 0) is 14.3 Å². The zero-order valence-electron chi connectivity index (χ0n) is 16.5. The number of ether oxygens (including phenoxy) is 1. The first kappa shape index (κ1) is 19.8. The minimum absolute atomic E-state index is 0.220. The number of benzene rings is 2. The molecule has 6 nitrogen and oxygen atoms in total. The molecule has 2 aliphatic carbocycles. The highest BCUT2D eigenvalue weighted by molar-refractivity contribution is 6.28. The van der Waals surface area contributed by atoms with Gasteiger partial charge in [-0.1, -0.05) is 36.4 Å². The lowest BCUT2D eigenvalue weighted by atomic mass is 9.84. The number of fused-ring (bicyclic) bond motifs is 2. The Balaban J connectivity index is 1.47. The monoisotopic (exact) mass is 403 g/mol. The maximum atomic E-state index is 12.8. The molecule has 0 spiro atoms. The summed E-state index contributed by atoms with van der Waals surface area (Å²) >= 11 is 0. The third-order valence-electron chi connectivity index (χ3n) is 5.46. The van der Waals surface area contributed by atoms with Crippen molar-refractivity contribution in [2.75, 3.05) is 5.32 Å². The molecule has 2 aromatic rings. The highest BCUT2D eigenvalue weighted by atomic mass is 16.5. The fourth-order valence-electron chi connectivity index (χ4n) is 3.75. The Bertz CT molecular complexity index is 1080. The number of carbonyl (C=O) groups excluding carboxylic acids is 4. The van der Waals surface area contributed by atoms with E-state index >= 15 is 0 Å². The predicted molar refractivity (Wildman–Crippen MR) is 110 cm³/mol. The summed E-state index contributed by atoms with van der Waals surface area (Å²) in [5.41, 5.74) is 1.65. The van der Waals surface area contributed by atoms with E-state index in [1.165, 1.54) is 19.1 Å². The summed E-state index contributed by atoms with van der Waals surface area (Å²) < 4.78 is 5.32. The normalized spacial score (nSPS) is 18.2. The summed E-state index contributed by atoms with van der Waals surface area (Å²) in [6, 6.07) is 11.3. The van der Waals surface area contributed by atoms with Crippen LogP contribution in [0.3, 0.4) is 0 Å². The van der Waals surface area contributed by atoms with E-state index in [-0.39, 0.29) is 29.0 Å². The van der Waals surface area contributed by atoms with Crippen molar-refractivity contribution in [3.8, 4) is 0 Å². The SMILES string of the molecule is C[C@@H](OC(=O)[C@@H]1CC=CCC1)C(=O)Nc1ccc2c(c1)C(=O)c1ccccc1C2=O. The minimum atomic E-state index is -0.975. The number of esters is 1. The van der Waals surface area contributed by atoms with Crippen LogP contribution in [0.1, 0.15) is 58.0 Å². The number of hydrogen-bond acceptors (Lipinski definition) is 5. The van der Waals surface area contributed by atoms with E-state index in [1.54, 1.807) is 30.3 Å². The van der Waals surface area contributed by atoms with E-state index in [4.69, 9.17) is 4.74 Å². The number of allylic oxidation sites excluding steroid dienone is 2. The van der Waals surface area contributed by atoms with Gasteiger partial charge in [-0.25, -0.2) is 0 Å². The molecule has 30 heavy (non-hydrogen) atoms. The molecule has 6 heteroatoms. The van der Waals surface area contributed by atoms with Crippen molar-refractivity contribution in [3.63, 3.8) is 0 Å². The van der Waals surface area contributed by atoms with Gasteiger partial charge in [0.2, 0.25) is 0 Å². The topological polar surface area (TPSA) is 89.5 Å². The second-order valence-electron chi connectivity index (χ2n) is 7.51. The summed E-state index contributed by atoms with van der Waals surface area (Å²) in [7, 11) is 0. The first-order valence-electron chi connectivity index (χ1n) is 9.94. The van der Waals surface area contributed by atoms with E-state index < -0.39 is 12.0 Å². The quantitative estimate of drug-likeness (QED) is 0.530. The van der Waals surface area contributed by atoms with Crippen LogP contribution in [0.15, 0.2) is 54.6 Å². The van der Waals surface area contributed by atoms with Crippen LogP contribution < -0.4 is 5.32 Å². The van der Waals surface area contributed by atoms with Crippen LogP contribution in [0.4, 0.5) is 5.69 Å². The molecule has 0 aliphatic heterocycles. The lowest BCUT2D eigenvalue weighted by Gasteiger charge is -2.20. The lowest BCUT2D eigenvalue weighted by molar-refractivity contribution is -0.157. The predicted octanol–water partition coefficient (Wildman–Crippen LogP) is 3.69. The number of rotatable bonds is 4. The van der Waals surface area contributed by atoms with Crippen molar-refractivity contribution in [1.29, 1.82) is 0 Å². The Morgan fingerprint density at radius 1 is 0.967 bits per heavy atom. The molecule has 4 rings (SSSR count). The first-order chi connectivity index (χ1) is 14.5. The Labute approximate surface area is 173 Å². The van der Waals surface area contributed by atoms with Gasteiger partial charge in [0.1, 0.15) is 0 Å². The van der Waals surface area contributed by atoms with Crippen molar-refractivity contribution in [1.82, 2.24) is 0 Å².